The van der Waals surface area contributed by atoms with E-state index in [1.54, 1.807) is 30.9 Å². The topological polar surface area (TPSA) is 94.0 Å². The van der Waals surface area contributed by atoms with Crippen LogP contribution in [0.5, 0.6) is 0 Å². The molecule has 0 unspecified atom stereocenters. The molecule has 0 aliphatic carbocycles. The zero-order chi connectivity index (χ0) is 14.3. The Balaban J connectivity index is 2.97. The van der Waals surface area contributed by atoms with E-state index in [0.717, 1.165) is 0 Å². The Kier molecular flexibility index (Phi) is 5.97. The van der Waals surface area contributed by atoms with Crippen LogP contribution in [0, 0.1) is 0 Å². The van der Waals surface area contributed by atoms with Crippen LogP contribution in [-0.4, -0.2) is 62.5 Å². The minimum Gasteiger partial charge on any atom is -0.394 e. The van der Waals surface area contributed by atoms with Crippen LogP contribution in [0.25, 0.3) is 0 Å². The molecule has 0 saturated carbocycles. The van der Waals surface area contributed by atoms with Crippen LogP contribution in [0.3, 0.4) is 0 Å². The first-order chi connectivity index (χ1) is 9.08. The smallest absolute Gasteiger partial charge is 0.254 e. The number of aliphatic hydroxyl groups is 1. The number of nitrogens with zero attached hydrogens (tertiary/aromatic N) is 4. The maximum atomic E-state index is 11.6. The highest BCUT2D eigenvalue weighted by atomic mass is 16.5. The van der Waals surface area contributed by atoms with Crippen molar-refractivity contribution in [1.82, 2.24) is 9.97 Å². The van der Waals surface area contributed by atoms with Gasteiger partial charge in [-0.2, -0.15) is 4.98 Å². The van der Waals surface area contributed by atoms with Gasteiger partial charge in [-0.1, -0.05) is 0 Å². The Morgan fingerprint density at radius 2 is 2.32 bits per heavy atom. The minimum atomic E-state index is -0.259. The summed E-state index contributed by atoms with van der Waals surface area (Å²) in [5, 5.41) is 8.69. The second kappa shape index (κ2) is 7.49. The van der Waals surface area contributed by atoms with E-state index in [1.165, 1.54) is 12.4 Å². The number of nitrogens with one attached hydrogen (secondary N) is 1. The highest BCUT2D eigenvalue weighted by molar-refractivity contribution is 5.76. The number of aliphatic hydroxyl groups excluding tert-OH is 1. The Labute approximate surface area is 111 Å². The summed E-state index contributed by atoms with van der Waals surface area (Å²) in [7, 11) is 5.17. The predicted molar refractivity (Wildman–Crippen MR) is 74.0 cm³/mol. The number of ether oxygens (including phenoxy) is 1. The maximum Gasteiger partial charge on any atom is 0.254 e. The first-order valence-electron chi connectivity index (χ1n) is 5.74. The lowest BCUT2D eigenvalue weighted by molar-refractivity contribution is 0.0980. The van der Waals surface area contributed by atoms with Crippen molar-refractivity contribution in [2.24, 2.45) is 4.99 Å². The lowest BCUT2D eigenvalue weighted by Crippen LogP contribution is -2.29. The molecule has 8 nitrogen and oxygen atoms in total. The van der Waals surface area contributed by atoms with Crippen LogP contribution < -0.4 is 15.4 Å². The van der Waals surface area contributed by atoms with Crippen molar-refractivity contribution < 1.29 is 9.84 Å². The Bertz CT molecular complexity index is 472. The molecule has 0 aliphatic rings. The average molecular weight is 269 g/mol. The van der Waals surface area contributed by atoms with E-state index in [0.29, 0.717) is 11.8 Å². The zero-order valence-corrected chi connectivity index (χ0v) is 11.3. The first kappa shape index (κ1) is 15.1. The summed E-state index contributed by atoms with van der Waals surface area (Å²) in [6.45, 7) is 0.294. The van der Waals surface area contributed by atoms with Crippen molar-refractivity contribution in [2.45, 2.75) is 0 Å². The van der Waals surface area contributed by atoms with Crippen molar-refractivity contribution in [1.29, 1.82) is 0 Å². The molecule has 0 saturated heterocycles. The fourth-order valence-corrected chi connectivity index (χ4v) is 1.32. The summed E-state index contributed by atoms with van der Waals surface area (Å²) in [6.07, 6.45) is 1.51. The van der Waals surface area contributed by atoms with E-state index < -0.39 is 0 Å². The van der Waals surface area contributed by atoms with Crippen LogP contribution in [0.2, 0.25) is 0 Å². The Morgan fingerprint density at radius 1 is 1.58 bits per heavy atom. The molecule has 0 fully saturated rings. The first-order valence-corrected chi connectivity index (χ1v) is 5.74. The molecule has 0 aromatic carbocycles. The van der Waals surface area contributed by atoms with Gasteiger partial charge in [-0.25, -0.2) is 0 Å². The predicted octanol–water partition coefficient (Wildman–Crippen LogP) is -0.733. The van der Waals surface area contributed by atoms with E-state index in [2.05, 4.69) is 15.0 Å². The molecule has 1 aromatic rings. The second-order valence-electron chi connectivity index (χ2n) is 3.93. The van der Waals surface area contributed by atoms with E-state index >= 15 is 0 Å². The van der Waals surface area contributed by atoms with Gasteiger partial charge in [0, 0.05) is 27.2 Å². The normalized spacial score (nSPS) is 10.9. The summed E-state index contributed by atoms with van der Waals surface area (Å²) >= 11 is 0. The van der Waals surface area contributed by atoms with Gasteiger partial charge >= 0.3 is 0 Å². The molecule has 1 aromatic heterocycles. The molecule has 0 amide bonds. The van der Waals surface area contributed by atoms with E-state index in [4.69, 9.17) is 9.84 Å². The summed E-state index contributed by atoms with van der Waals surface area (Å²) in [4.78, 5) is 25.7. The Hall–Kier alpha value is -1.93. The highest BCUT2D eigenvalue weighted by Gasteiger charge is 2.09. The van der Waals surface area contributed by atoms with Gasteiger partial charge in [0.15, 0.2) is 0 Å². The third-order valence-electron chi connectivity index (χ3n) is 2.15. The number of aromatic nitrogens is 2. The van der Waals surface area contributed by atoms with Crippen LogP contribution in [0.1, 0.15) is 0 Å². The van der Waals surface area contributed by atoms with E-state index in [9.17, 15) is 4.79 Å². The molecule has 1 heterocycles. The number of H-pyrrole nitrogens is 1. The van der Waals surface area contributed by atoms with Gasteiger partial charge in [0.2, 0.25) is 5.95 Å². The Morgan fingerprint density at radius 3 is 2.89 bits per heavy atom. The second-order valence-corrected chi connectivity index (χ2v) is 3.93. The van der Waals surface area contributed by atoms with Gasteiger partial charge in [0.05, 0.1) is 19.6 Å². The average Bonchev–Trinajstić information content (AvgIpc) is 2.37. The highest BCUT2D eigenvalue weighted by Crippen LogP contribution is 2.09. The monoisotopic (exact) mass is 269 g/mol. The van der Waals surface area contributed by atoms with Gasteiger partial charge in [-0.3, -0.25) is 19.7 Å². The summed E-state index contributed by atoms with van der Waals surface area (Å²) in [6, 6.07) is 1.36. The van der Waals surface area contributed by atoms with Crippen molar-refractivity contribution >= 4 is 18.1 Å². The van der Waals surface area contributed by atoms with E-state index in [-0.39, 0.29) is 25.5 Å². The molecule has 0 radical (unpaired) electrons. The maximum absolute atomic E-state index is 11.6. The number of anilines is 2. The zero-order valence-electron chi connectivity index (χ0n) is 11.3. The van der Waals surface area contributed by atoms with Crippen LogP contribution in [0.4, 0.5) is 11.8 Å². The third kappa shape index (κ3) is 4.68. The third-order valence-corrected chi connectivity index (χ3v) is 2.15. The number of rotatable bonds is 7. The lowest BCUT2D eigenvalue weighted by Gasteiger charge is -2.19. The summed E-state index contributed by atoms with van der Waals surface area (Å²) < 4.78 is 5.21. The minimum absolute atomic E-state index is 0.0666. The molecule has 2 N–H and O–H groups in total. The molecule has 19 heavy (non-hydrogen) atoms. The van der Waals surface area contributed by atoms with Gasteiger partial charge in [-0.05, 0) is 0 Å². The molecular formula is C11H19N5O3. The van der Waals surface area contributed by atoms with Gasteiger partial charge in [0.1, 0.15) is 12.5 Å². The van der Waals surface area contributed by atoms with Crippen molar-refractivity contribution in [2.75, 3.05) is 50.9 Å². The number of aromatic amines is 1. The van der Waals surface area contributed by atoms with Crippen molar-refractivity contribution in [3.05, 3.63) is 16.4 Å². The summed E-state index contributed by atoms with van der Waals surface area (Å²) in [5.74, 6) is 0.871. The van der Waals surface area contributed by atoms with Crippen molar-refractivity contribution in [3.63, 3.8) is 0 Å². The van der Waals surface area contributed by atoms with Gasteiger partial charge < -0.3 is 14.7 Å². The van der Waals surface area contributed by atoms with E-state index in [1.807, 2.05) is 0 Å². The van der Waals surface area contributed by atoms with Crippen LogP contribution >= 0.6 is 0 Å². The number of hydrogen-bond acceptors (Lipinski definition) is 6. The molecular weight excluding hydrogens is 250 g/mol. The molecule has 106 valence electrons. The fraction of sp³-hybridized carbons (Fsp3) is 0.545. The molecule has 8 heteroatoms. The molecule has 0 aliphatic heterocycles. The number of hydrogen-bond donors (Lipinski definition) is 2. The molecule has 0 bridgehead atoms. The standard InChI is InChI=1S/C11H19N5O3/c1-12-7-16(8-19-5-4-17)9-6-10(18)14-11(13-9)15(2)3/h6-7,17H,4-5,8H2,1-3H3,(H,13,14,18)/b12-7+. The van der Waals surface area contributed by atoms with Crippen LogP contribution in [0.15, 0.2) is 15.9 Å². The van der Waals surface area contributed by atoms with Crippen LogP contribution in [-0.2, 0) is 4.74 Å². The quantitative estimate of drug-likeness (QED) is 0.293. The molecule has 0 atom stereocenters. The van der Waals surface area contributed by atoms with Gasteiger partial charge in [-0.15, -0.1) is 0 Å². The SMILES string of the molecule is C/N=C/N(COCCO)c1cc(=O)[nH]c(N(C)C)n1. The lowest BCUT2D eigenvalue weighted by atomic mass is 10.5. The summed E-state index contributed by atoms with van der Waals surface area (Å²) in [5.41, 5.74) is -0.259. The van der Waals surface area contributed by atoms with Gasteiger partial charge in [0.25, 0.3) is 5.56 Å². The number of aliphatic imine (C=N–C) groups is 1. The molecule has 0 spiro atoms. The largest absolute Gasteiger partial charge is 0.394 e. The molecule has 1 rings (SSSR count). The van der Waals surface area contributed by atoms with Crippen molar-refractivity contribution in [3.8, 4) is 0 Å². The fourth-order valence-electron chi connectivity index (χ4n) is 1.32.